The predicted octanol–water partition coefficient (Wildman–Crippen LogP) is 4.60. The topological polar surface area (TPSA) is 12.0 Å². The second kappa shape index (κ2) is 7.01. The zero-order valence-electron chi connectivity index (χ0n) is 12.0. The van der Waals surface area contributed by atoms with E-state index in [1.807, 2.05) is 12.1 Å². The summed E-state index contributed by atoms with van der Waals surface area (Å²) in [7, 11) is 2.10. The molecule has 4 unspecified atom stereocenters. The SMILES string of the molecule is CNC1CC(C)CC(C)C1SCc1ccccc1Cl. The lowest BCUT2D eigenvalue weighted by atomic mass is 9.80. The number of hydrogen-bond acceptors (Lipinski definition) is 2. The molecule has 1 N–H and O–H groups in total. The third-order valence-electron chi connectivity index (χ3n) is 4.15. The van der Waals surface area contributed by atoms with Gasteiger partial charge in [-0.05, 0) is 43.4 Å². The number of rotatable bonds is 4. The number of nitrogens with one attached hydrogen (secondary N) is 1. The Bertz CT molecular complexity index is 409. The van der Waals surface area contributed by atoms with Gasteiger partial charge in [0.2, 0.25) is 0 Å². The standard InChI is InChI=1S/C16H24ClNS/c1-11-8-12(2)16(15(9-11)18-3)19-10-13-6-4-5-7-14(13)17/h4-7,11-12,15-16,18H,8-10H2,1-3H3. The molecule has 0 heterocycles. The van der Waals surface area contributed by atoms with Crippen LogP contribution in [-0.4, -0.2) is 18.3 Å². The molecule has 2 rings (SSSR count). The summed E-state index contributed by atoms with van der Waals surface area (Å²) in [4.78, 5) is 0. The van der Waals surface area contributed by atoms with Gasteiger partial charge < -0.3 is 5.32 Å². The Morgan fingerprint density at radius 3 is 2.68 bits per heavy atom. The summed E-state index contributed by atoms with van der Waals surface area (Å²) in [5, 5.41) is 5.10. The van der Waals surface area contributed by atoms with E-state index in [2.05, 4.69) is 50.1 Å². The van der Waals surface area contributed by atoms with Crippen molar-refractivity contribution >= 4 is 23.4 Å². The maximum atomic E-state index is 6.24. The Morgan fingerprint density at radius 1 is 1.26 bits per heavy atom. The maximum absolute atomic E-state index is 6.24. The van der Waals surface area contributed by atoms with E-state index in [4.69, 9.17) is 11.6 Å². The summed E-state index contributed by atoms with van der Waals surface area (Å²) in [6, 6.07) is 8.83. The van der Waals surface area contributed by atoms with Crippen molar-refractivity contribution < 1.29 is 0 Å². The van der Waals surface area contributed by atoms with Crippen molar-refractivity contribution in [1.82, 2.24) is 5.32 Å². The molecule has 1 fully saturated rings. The number of thioether (sulfide) groups is 1. The highest BCUT2D eigenvalue weighted by molar-refractivity contribution is 7.99. The average Bonchev–Trinajstić information content (AvgIpc) is 2.38. The van der Waals surface area contributed by atoms with Gasteiger partial charge in [0.05, 0.1) is 0 Å². The van der Waals surface area contributed by atoms with E-state index in [9.17, 15) is 0 Å². The molecular weight excluding hydrogens is 274 g/mol. The predicted molar refractivity (Wildman–Crippen MR) is 86.9 cm³/mol. The Kier molecular flexibility index (Phi) is 5.61. The van der Waals surface area contributed by atoms with Gasteiger partial charge in [-0.1, -0.05) is 43.6 Å². The molecule has 3 heteroatoms. The molecule has 19 heavy (non-hydrogen) atoms. The molecule has 1 aromatic rings. The van der Waals surface area contributed by atoms with Crippen LogP contribution in [0.4, 0.5) is 0 Å². The molecule has 0 spiro atoms. The van der Waals surface area contributed by atoms with Crippen molar-refractivity contribution in [2.45, 2.75) is 43.7 Å². The first-order chi connectivity index (χ1) is 9.11. The minimum Gasteiger partial charge on any atom is -0.316 e. The molecule has 0 bridgehead atoms. The van der Waals surface area contributed by atoms with Crippen LogP contribution >= 0.6 is 23.4 Å². The Morgan fingerprint density at radius 2 is 2.00 bits per heavy atom. The van der Waals surface area contributed by atoms with Gasteiger partial charge >= 0.3 is 0 Å². The monoisotopic (exact) mass is 297 g/mol. The van der Waals surface area contributed by atoms with E-state index < -0.39 is 0 Å². The van der Waals surface area contributed by atoms with Crippen LogP contribution in [-0.2, 0) is 5.75 Å². The highest BCUT2D eigenvalue weighted by Gasteiger charge is 2.33. The Hall–Kier alpha value is -0.180. The van der Waals surface area contributed by atoms with E-state index in [1.165, 1.54) is 18.4 Å². The van der Waals surface area contributed by atoms with Gasteiger partial charge in [0.25, 0.3) is 0 Å². The molecule has 0 amide bonds. The molecule has 1 aromatic carbocycles. The first-order valence-electron chi connectivity index (χ1n) is 7.14. The van der Waals surface area contributed by atoms with E-state index in [-0.39, 0.29) is 0 Å². The van der Waals surface area contributed by atoms with Crippen molar-refractivity contribution in [3.05, 3.63) is 34.9 Å². The Labute approximate surface area is 126 Å². The molecule has 0 radical (unpaired) electrons. The maximum Gasteiger partial charge on any atom is 0.0446 e. The van der Waals surface area contributed by atoms with Crippen LogP contribution in [0, 0.1) is 11.8 Å². The third-order valence-corrected chi connectivity index (χ3v) is 6.17. The average molecular weight is 298 g/mol. The zero-order chi connectivity index (χ0) is 13.8. The van der Waals surface area contributed by atoms with E-state index in [0.717, 1.165) is 22.6 Å². The van der Waals surface area contributed by atoms with Gasteiger partial charge in [-0.2, -0.15) is 11.8 Å². The summed E-state index contributed by atoms with van der Waals surface area (Å²) in [6.07, 6.45) is 2.64. The van der Waals surface area contributed by atoms with Gasteiger partial charge in [-0.15, -0.1) is 0 Å². The molecule has 1 nitrogen and oxygen atoms in total. The lowest BCUT2D eigenvalue weighted by molar-refractivity contribution is 0.257. The highest BCUT2D eigenvalue weighted by Crippen LogP contribution is 2.38. The smallest absolute Gasteiger partial charge is 0.0446 e. The third kappa shape index (κ3) is 3.90. The van der Waals surface area contributed by atoms with Crippen LogP contribution in [0.3, 0.4) is 0 Å². The molecular formula is C16H24ClNS. The summed E-state index contributed by atoms with van der Waals surface area (Å²) in [5.74, 6) is 2.62. The molecule has 0 aromatic heterocycles. The van der Waals surface area contributed by atoms with Gasteiger partial charge in [0.1, 0.15) is 0 Å². The first kappa shape index (κ1) is 15.2. The van der Waals surface area contributed by atoms with Gasteiger partial charge in [0.15, 0.2) is 0 Å². The molecule has 0 aliphatic heterocycles. The fourth-order valence-electron chi connectivity index (χ4n) is 3.19. The van der Waals surface area contributed by atoms with Crippen molar-refractivity contribution in [2.24, 2.45) is 11.8 Å². The molecule has 1 aliphatic rings. The highest BCUT2D eigenvalue weighted by atomic mass is 35.5. The van der Waals surface area contributed by atoms with Crippen molar-refractivity contribution in [3.63, 3.8) is 0 Å². The summed E-state index contributed by atoms with van der Waals surface area (Å²) in [6.45, 7) is 4.76. The minimum atomic E-state index is 0.631. The summed E-state index contributed by atoms with van der Waals surface area (Å²) >= 11 is 8.30. The number of benzene rings is 1. The lowest BCUT2D eigenvalue weighted by Crippen LogP contribution is -2.44. The van der Waals surface area contributed by atoms with E-state index in [0.29, 0.717) is 11.3 Å². The molecule has 0 saturated heterocycles. The second-order valence-electron chi connectivity index (χ2n) is 5.82. The second-order valence-corrected chi connectivity index (χ2v) is 7.39. The van der Waals surface area contributed by atoms with Crippen LogP contribution in [0.1, 0.15) is 32.3 Å². The van der Waals surface area contributed by atoms with Crippen molar-refractivity contribution in [1.29, 1.82) is 0 Å². The lowest BCUT2D eigenvalue weighted by Gasteiger charge is -2.39. The summed E-state index contributed by atoms with van der Waals surface area (Å²) in [5.41, 5.74) is 1.26. The fourth-order valence-corrected chi connectivity index (χ4v) is 5.02. The van der Waals surface area contributed by atoms with Crippen LogP contribution in [0.2, 0.25) is 5.02 Å². The summed E-state index contributed by atoms with van der Waals surface area (Å²) < 4.78 is 0. The normalized spacial score (nSPS) is 31.4. The molecule has 4 atom stereocenters. The molecule has 1 saturated carbocycles. The Balaban J connectivity index is 1.99. The minimum absolute atomic E-state index is 0.631. The van der Waals surface area contributed by atoms with Gasteiger partial charge in [-0.3, -0.25) is 0 Å². The quantitative estimate of drug-likeness (QED) is 0.872. The van der Waals surface area contributed by atoms with Crippen LogP contribution in [0.15, 0.2) is 24.3 Å². The zero-order valence-corrected chi connectivity index (χ0v) is 13.6. The molecule has 106 valence electrons. The van der Waals surface area contributed by atoms with Gasteiger partial charge in [-0.25, -0.2) is 0 Å². The number of hydrogen-bond donors (Lipinski definition) is 1. The van der Waals surface area contributed by atoms with Crippen LogP contribution < -0.4 is 5.32 Å². The fraction of sp³-hybridized carbons (Fsp3) is 0.625. The van der Waals surface area contributed by atoms with E-state index >= 15 is 0 Å². The van der Waals surface area contributed by atoms with Crippen LogP contribution in [0.25, 0.3) is 0 Å². The number of halogens is 1. The molecule has 1 aliphatic carbocycles. The van der Waals surface area contributed by atoms with Crippen molar-refractivity contribution in [3.8, 4) is 0 Å². The van der Waals surface area contributed by atoms with Gasteiger partial charge in [0, 0.05) is 22.1 Å². The first-order valence-corrected chi connectivity index (χ1v) is 8.56. The van der Waals surface area contributed by atoms with Crippen LogP contribution in [0.5, 0.6) is 0 Å². The van der Waals surface area contributed by atoms with E-state index in [1.54, 1.807) is 0 Å². The van der Waals surface area contributed by atoms with Crippen molar-refractivity contribution in [2.75, 3.05) is 7.05 Å². The largest absolute Gasteiger partial charge is 0.316 e.